The summed E-state index contributed by atoms with van der Waals surface area (Å²) in [6.45, 7) is 5.45. The third-order valence-corrected chi connectivity index (χ3v) is 2.75. The van der Waals surface area contributed by atoms with Crippen LogP contribution in [0, 0.1) is 0 Å². The van der Waals surface area contributed by atoms with Crippen molar-refractivity contribution in [2.24, 2.45) is 0 Å². The highest BCUT2D eigenvalue weighted by molar-refractivity contribution is 7.08. The van der Waals surface area contributed by atoms with Crippen molar-refractivity contribution in [3.05, 3.63) is 34.5 Å². The molecule has 1 heterocycles. The highest BCUT2D eigenvalue weighted by Crippen LogP contribution is 2.23. The minimum atomic E-state index is -0.182. The molecule has 1 rings (SSSR count). The Hall–Kier alpha value is -0.930. The van der Waals surface area contributed by atoms with Crippen LogP contribution in [-0.2, 0) is 4.79 Å². The monoisotopic (exact) mass is 209 g/mol. The second-order valence-corrected chi connectivity index (χ2v) is 4.35. The maximum atomic E-state index is 11.8. The van der Waals surface area contributed by atoms with Gasteiger partial charge < -0.3 is 0 Å². The highest BCUT2D eigenvalue weighted by Gasteiger charge is 2.23. The summed E-state index contributed by atoms with van der Waals surface area (Å²) in [5.74, 6) is 0.0911. The van der Waals surface area contributed by atoms with Crippen molar-refractivity contribution in [1.29, 1.82) is 0 Å². The van der Waals surface area contributed by atoms with Crippen LogP contribution in [0.3, 0.4) is 0 Å². The standard InChI is InChI=1S/C11H15NOS/c1-8(2)11(13)10(12(3)4)9-5-6-14-7-9/h5-7,10H,1H2,2-4H3. The lowest BCUT2D eigenvalue weighted by molar-refractivity contribution is -0.119. The van der Waals surface area contributed by atoms with E-state index in [4.69, 9.17) is 0 Å². The fourth-order valence-electron chi connectivity index (χ4n) is 1.35. The number of carbonyl (C=O) groups is 1. The second-order valence-electron chi connectivity index (χ2n) is 3.57. The molecule has 76 valence electrons. The minimum Gasteiger partial charge on any atom is -0.296 e. The first-order valence-corrected chi connectivity index (χ1v) is 5.36. The Morgan fingerprint density at radius 3 is 2.57 bits per heavy atom. The molecule has 0 radical (unpaired) electrons. The zero-order chi connectivity index (χ0) is 10.7. The number of hydrogen-bond acceptors (Lipinski definition) is 3. The lowest BCUT2D eigenvalue weighted by Gasteiger charge is -2.22. The molecule has 1 unspecified atom stereocenters. The van der Waals surface area contributed by atoms with Crippen LogP contribution in [0.4, 0.5) is 0 Å². The molecule has 0 saturated heterocycles. The maximum Gasteiger partial charge on any atom is 0.179 e. The molecule has 14 heavy (non-hydrogen) atoms. The largest absolute Gasteiger partial charge is 0.296 e. The predicted octanol–water partition coefficient (Wildman–Crippen LogP) is 2.50. The zero-order valence-electron chi connectivity index (χ0n) is 8.78. The Balaban J connectivity index is 2.97. The van der Waals surface area contributed by atoms with Crippen LogP contribution < -0.4 is 0 Å². The topological polar surface area (TPSA) is 20.3 Å². The summed E-state index contributed by atoms with van der Waals surface area (Å²) < 4.78 is 0. The van der Waals surface area contributed by atoms with E-state index in [0.29, 0.717) is 5.57 Å². The van der Waals surface area contributed by atoms with Gasteiger partial charge in [-0.15, -0.1) is 0 Å². The lowest BCUT2D eigenvalue weighted by atomic mass is 10.0. The van der Waals surface area contributed by atoms with E-state index in [1.54, 1.807) is 18.3 Å². The van der Waals surface area contributed by atoms with Crippen LogP contribution in [0.25, 0.3) is 0 Å². The van der Waals surface area contributed by atoms with Crippen molar-refractivity contribution in [3.8, 4) is 0 Å². The summed E-state index contributed by atoms with van der Waals surface area (Å²) in [5.41, 5.74) is 1.66. The van der Waals surface area contributed by atoms with Crippen molar-refractivity contribution in [2.45, 2.75) is 13.0 Å². The molecule has 0 fully saturated rings. The molecule has 1 aromatic heterocycles. The fraction of sp³-hybridized carbons (Fsp3) is 0.364. The summed E-state index contributed by atoms with van der Waals surface area (Å²) >= 11 is 1.61. The maximum absolute atomic E-state index is 11.8. The summed E-state index contributed by atoms with van der Waals surface area (Å²) in [6, 6.07) is 1.80. The molecule has 1 aromatic rings. The Morgan fingerprint density at radius 1 is 1.57 bits per heavy atom. The van der Waals surface area contributed by atoms with E-state index in [2.05, 4.69) is 6.58 Å². The fourth-order valence-corrected chi connectivity index (χ4v) is 2.03. The summed E-state index contributed by atoms with van der Waals surface area (Å²) in [5, 5.41) is 3.99. The smallest absolute Gasteiger partial charge is 0.179 e. The molecule has 2 nitrogen and oxygen atoms in total. The van der Waals surface area contributed by atoms with E-state index in [-0.39, 0.29) is 11.8 Å². The number of likely N-dealkylation sites (N-methyl/N-ethyl adjacent to an activating group) is 1. The second kappa shape index (κ2) is 4.53. The summed E-state index contributed by atoms with van der Waals surface area (Å²) in [7, 11) is 3.81. The molecule has 0 saturated carbocycles. The van der Waals surface area contributed by atoms with E-state index in [0.717, 1.165) is 5.56 Å². The number of rotatable bonds is 4. The number of hydrogen-bond donors (Lipinski definition) is 0. The average molecular weight is 209 g/mol. The van der Waals surface area contributed by atoms with Gasteiger partial charge in [0.05, 0.1) is 6.04 Å². The molecule has 1 atom stereocenters. The van der Waals surface area contributed by atoms with Gasteiger partial charge in [0.1, 0.15) is 0 Å². The molecule has 0 bridgehead atoms. The Kier molecular flexibility index (Phi) is 3.61. The van der Waals surface area contributed by atoms with E-state index in [1.165, 1.54) is 0 Å². The van der Waals surface area contributed by atoms with Gasteiger partial charge in [-0.25, -0.2) is 0 Å². The number of thiophene rings is 1. The number of Topliss-reactive ketones (excluding diaryl/α,β-unsaturated/α-hetero) is 1. The highest BCUT2D eigenvalue weighted by atomic mass is 32.1. The normalized spacial score (nSPS) is 12.9. The van der Waals surface area contributed by atoms with Crippen molar-refractivity contribution in [3.63, 3.8) is 0 Å². The van der Waals surface area contributed by atoms with Crippen LogP contribution in [0.1, 0.15) is 18.5 Å². The molecule has 0 aliphatic rings. The molecular weight excluding hydrogens is 194 g/mol. The van der Waals surface area contributed by atoms with Gasteiger partial charge in [-0.2, -0.15) is 11.3 Å². The number of carbonyl (C=O) groups excluding carboxylic acids is 1. The summed E-state index contributed by atoms with van der Waals surface area (Å²) in [6.07, 6.45) is 0. The van der Waals surface area contributed by atoms with Crippen LogP contribution in [0.2, 0.25) is 0 Å². The number of ketones is 1. The van der Waals surface area contributed by atoms with Gasteiger partial charge in [0.15, 0.2) is 5.78 Å². The van der Waals surface area contributed by atoms with Gasteiger partial charge >= 0.3 is 0 Å². The molecule has 3 heteroatoms. The zero-order valence-corrected chi connectivity index (χ0v) is 9.60. The molecule has 0 N–H and O–H groups in total. The van der Waals surface area contributed by atoms with Crippen molar-refractivity contribution in [2.75, 3.05) is 14.1 Å². The first-order valence-electron chi connectivity index (χ1n) is 4.42. The molecule has 0 aliphatic heterocycles. The van der Waals surface area contributed by atoms with Crippen LogP contribution >= 0.6 is 11.3 Å². The van der Waals surface area contributed by atoms with Crippen molar-refractivity contribution < 1.29 is 4.79 Å². The Labute approximate surface area is 88.9 Å². The molecule has 0 aliphatic carbocycles. The molecule has 0 spiro atoms. The Bertz CT molecular complexity index is 327. The first-order chi connectivity index (χ1) is 6.54. The molecular formula is C11H15NOS. The van der Waals surface area contributed by atoms with E-state index in [1.807, 2.05) is 35.8 Å². The SMILES string of the molecule is C=C(C)C(=O)C(c1ccsc1)N(C)C. The van der Waals surface area contributed by atoms with Gasteiger partial charge in [0, 0.05) is 0 Å². The molecule has 0 aromatic carbocycles. The van der Waals surface area contributed by atoms with Crippen molar-refractivity contribution in [1.82, 2.24) is 4.90 Å². The Morgan fingerprint density at radius 2 is 2.21 bits per heavy atom. The van der Waals surface area contributed by atoms with E-state index < -0.39 is 0 Å². The van der Waals surface area contributed by atoms with Crippen LogP contribution in [0.5, 0.6) is 0 Å². The average Bonchev–Trinajstić information content (AvgIpc) is 2.56. The number of nitrogens with zero attached hydrogens (tertiary/aromatic N) is 1. The van der Waals surface area contributed by atoms with Crippen LogP contribution in [0.15, 0.2) is 29.0 Å². The van der Waals surface area contributed by atoms with Gasteiger partial charge in [0.2, 0.25) is 0 Å². The third-order valence-electron chi connectivity index (χ3n) is 2.04. The summed E-state index contributed by atoms with van der Waals surface area (Å²) in [4.78, 5) is 13.8. The third kappa shape index (κ3) is 2.30. The molecule has 0 amide bonds. The van der Waals surface area contributed by atoms with Gasteiger partial charge in [-0.1, -0.05) is 6.58 Å². The minimum absolute atomic E-state index is 0.0911. The van der Waals surface area contributed by atoms with Gasteiger partial charge in [0.25, 0.3) is 0 Å². The van der Waals surface area contributed by atoms with Crippen LogP contribution in [-0.4, -0.2) is 24.8 Å². The van der Waals surface area contributed by atoms with Gasteiger partial charge in [-0.3, -0.25) is 9.69 Å². The van der Waals surface area contributed by atoms with E-state index in [9.17, 15) is 4.79 Å². The quantitative estimate of drug-likeness (QED) is 0.710. The lowest BCUT2D eigenvalue weighted by Crippen LogP contribution is -2.27. The predicted molar refractivity (Wildman–Crippen MR) is 60.6 cm³/mol. The van der Waals surface area contributed by atoms with Crippen molar-refractivity contribution >= 4 is 17.1 Å². The van der Waals surface area contributed by atoms with Gasteiger partial charge in [-0.05, 0) is 49.0 Å². The van der Waals surface area contributed by atoms with E-state index >= 15 is 0 Å². The first kappa shape index (κ1) is 11.1.